The van der Waals surface area contributed by atoms with Crippen LogP contribution in [0.2, 0.25) is 0 Å². The first-order valence-corrected chi connectivity index (χ1v) is 7.68. The fraction of sp³-hybridized carbons (Fsp3) is 0.500. The molecule has 0 saturated heterocycles. The molecule has 1 nitrogen and oxygen atoms in total. The van der Waals surface area contributed by atoms with Crippen LogP contribution >= 0.6 is 15.9 Å². The molecule has 0 aromatic heterocycles. The highest BCUT2D eigenvalue weighted by Gasteiger charge is 2.15. The van der Waals surface area contributed by atoms with E-state index in [9.17, 15) is 0 Å². The van der Waals surface area contributed by atoms with Gasteiger partial charge in [-0.3, -0.25) is 0 Å². The lowest BCUT2D eigenvalue weighted by Crippen LogP contribution is -2.15. The van der Waals surface area contributed by atoms with Crippen molar-refractivity contribution in [3.05, 3.63) is 45.4 Å². The molecule has 0 aliphatic heterocycles. The summed E-state index contributed by atoms with van der Waals surface area (Å²) in [5.74, 6) is 0. The molecule has 1 aromatic carbocycles. The van der Waals surface area contributed by atoms with Gasteiger partial charge in [-0.15, -0.1) is 0 Å². The highest BCUT2D eigenvalue weighted by Crippen LogP contribution is 2.31. The quantitative estimate of drug-likeness (QED) is 0.761. The third-order valence-electron chi connectivity index (χ3n) is 3.71. The minimum atomic E-state index is 0.0531. The fourth-order valence-electron chi connectivity index (χ4n) is 2.60. The van der Waals surface area contributed by atoms with Crippen molar-refractivity contribution >= 4 is 15.9 Å². The second-order valence-corrected chi connectivity index (χ2v) is 6.09. The number of halogens is 1. The van der Waals surface area contributed by atoms with Crippen LogP contribution < -0.4 is 5.73 Å². The van der Waals surface area contributed by atoms with E-state index in [2.05, 4.69) is 47.1 Å². The molecule has 1 atom stereocenters. The van der Waals surface area contributed by atoms with Gasteiger partial charge in [0.25, 0.3) is 0 Å². The largest absolute Gasteiger partial charge is 0.321 e. The van der Waals surface area contributed by atoms with Crippen molar-refractivity contribution in [2.45, 2.75) is 51.5 Å². The molecule has 98 valence electrons. The minimum absolute atomic E-state index is 0.0531. The van der Waals surface area contributed by atoms with Gasteiger partial charge in [-0.1, -0.05) is 58.1 Å². The van der Waals surface area contributed by atoms with E-state index < -0.39 is 0 Å². The van der Waals surface area contributed by atoms with E-state index in [-0.39, 0.29) is 6.04 Å². The van der Waals surface area contributed by atoms with E-state index in [4.69, 9.17) is 5.73 Å². The first kappa shape index (κ1) is 13.8. The molecule has 18 heavy (non-hydrogen) atoms. The summed E-state index contributed by atoms with van der Waals surface area (Å²) in [6.45, 7) is 2.12. The molecule has 2 heteroatoms. The lowest BCUT2D eigenvalue weighted by Gasteiger charge is -2.20. The van der Waals surface area contributed by atoms with Crippen molar-refractivity contribution in [1.29, 1.82) is 0 Å². The summed E-state index contributed by atoms with van der Waals surface area (Å²) in [4.78, 5) is 0. The van der Waals surface area contributed by atoms with Gasteiger partial charge in [0.15, 0.2) is 0 Å². The molecule has 1 aliphatic rings. The lowest BCUT2D eigenvalue weighted by molar-refractivity contribution is 0.602. The Balaban J connectivity index is 2.23. The maximum atomic E-state index is 6.46. The van der Waals surface area contributed by atoms with Crippen molar-refractivity contribution in [2.24, 2.45) is 5.73 Å². The Morgan fingerprint density at radius 3 is 2.78 bits per heavy atom. The number of hydrogen-bond donors (Lipinski definition) is 1. The zero-order valence-electron chi connectivity index (χ0n) is 11.1. The molecule has 0 amide bonds. The van der Waals surface area contributed by atoms with Crippen molar-refractivity contribution in [1.82, 2.24) is 0 Å². The van der Waals surface area contributed by atoms with E-state index in [1.807, 2.05) is 0 Å². The minimum Gasteiger partial charge on any atom is -0.321 e. The maximum Gasteiger partial charge on any atom is 0.0522 e. The van der Waals surface area contributed by atoms with Crippen molar-refractivity contribution in [3.63, 3.8) is 0 Å². The fourth-order valence-corrected chi connectivity index (χ4v) is 3.09. The number of hydrogen-bond acceptors (Lipinski definition) is 1. The predicted molar refractivity (Wildman–Crippen MR) is 81.6 cm³/mol. The Labute approximate surface area is 119 Å². The monoisotopic (exact) mass is 307 g/mol. The third kappa shape index (κ3) is 3.46. The highest BCUT2D eigenvalue weighted by molar-refractivity contribution is 9.10. The zero-order valence-corrected chi connectivity index (χ0v) is 12.7. The number of allylic oxidation sites excluding steroid dienone is 1. The summed E-state index contributed by atoms with van der Waals surface area (Å²) >= 11 is 3.63. The summed E-state index contributed by atoms with van der Waals surface area (Å²) in [6.07, 6.45) is 10.0. The third-order valence-corrected chi connectivity index (χ3v) is 4.43. The molecule has 0 saturated carbocycles. The van der Waals surface area contributed by atoms with Gasteiger partial charge in [0.2, 0.25) is 0 Å². The summed E-state index contributed by atoms with van der Waals surface area (Å²) in [7, 11) is 0. The van der Waals surface area contributed by atoms with Gasteiger partial charge in [-0.05, 0) is 44.2 Å². The maximum absolute atomic E-state index is 6.46. The Morgan fingerprint density at radius 1 is 1.17 bits per heavy atom. The van der Waals surface area contributed by atoms with E-state index in [1.54, 1.807) is 0 Å². The summed E-state index contributed by atoms with van der Waals surface area (Å²) in [5, 5.41) is 0. The highest BCUT2D eigenvalue weighted by atomic mass is 79.9. The van der Waals surface area contributed by atoms with Gasteiger partial charge < -0.3 is 5.73 Å². The van der Waals surface area contributed by atoms with Crippen LogP contribution in [0.4, 0.5) is 0 Å². The number of nitrogens with two attached hydrogens (primary N) is 1. The molecule has 1 aliphatic carbocycles. The standard InChI is InChI=1S/C16H22BrN/c1-12-9-10-15(17)14(11-12)16(18)13-7-5-3-2-4-6-8-13/h7,9-11,16H,2-6,8,18H2,1H3/b13-7+. The Morgan fingerprint density at radius 2 is 1.94 bits per heavy atom. The van der Waals surface area contributed by atoms with E-state index in [0.29, 0.717) is 0 Å². The second kappa shape index (κ2) is 6.53. The van der Waals surface area contributed by atoms with Gasteiger partial charge in [-0.2, -0.15) is 0 Å². The van der Waals surface area contributed by atoms with Crippen LogP contribution in [0.15, 0.2) is 34.3 Å². The molecule has 2 rings (SSSR count). The van der Waals surface area contributed by atoms with Gasteiger partial charge in [0.1, 0.15) is 0 Å². The van der Waals surface area contributed by atoms with E-state index in [0.717, 1.165) is 10.9 Å². The summed E-state index contributed by atoms with van der Waals surface area (Å²) in [6, 6.07) is 6.48. The SMILES string of the molecule is Cc1ccc(Br)c(C(N)/C2=C/CCCCCC2)c1. The normalized spacial score (nSPS) is 21.6. The van der Waals surface area contributed by atoms with Crippen LogP contribution in [0.3, 0.4) is 0 Å². The Bertz CT molecular complexity index is 437. The summed E-state index contributed by atoms with van der Waals surface area (Å²) in [5.41, 5.74) is 10.4. The summed E-state index contributed by atoms with van der Waals surface area (Å²) < 4.78 is 1.13. The Hall–Kier alpha value is -0.600. The number of benzene rings is 1. The van der Waals surface area contributed by atoms with E-state index in [1.165, 1.54) is 48.8 Å². The predicted octanol–water partition coefficient (Wildman–Crippen LogP) is 5.04. The second-order valence-electron chi connectivity index (χ2n) is 5.23. The first-order valence-electron chi connectivity index (χ1n) is 6.89. The molecular formula is C16H22BrN. The van der Waals surface area contributed by atoms with Crippen molar-refractivity contribution in [3.8, 4) is 0 Å². The van der Waals surface area contributed by atoms with Crippen LogP contribution in [0.5, 0.6) is 0 Å². The van der Waals surface area contributed by atoms with Crippen LogP contribution in [-0.4, -0.2) is 0 Å². The smallest absolute Gasteiger partial charge is 0.0522 e. The lowest BCUT2D eigenvalue weighted by atomic mass is 9.91. The van der Waals surface area contributed by atoms with Crippen molar-refractivity contribution < 1.29 is 0 Å². The average molecular weight is 308 g/mol. The molecule has 0 fully saturated rings. The number of rotatable bonds is 2. The average Bonchev–Trinajstić information content (AvgIpc) is 2.31. The van der Waals surface area contributed by atoms with Crippen LogP contribution in [0.1, 0.15) is 55.7 Å². The van der Waals surface area contributed by atoms with Gasteiger partial charge >= 0.3 is 0 Å². The van der Waals surface area contributed by atoms with Gasteiger partial charge in [0, 0.05) is 4.47 Å². The van der Waals surface area contributed by atoms with Crippen LogP contribution in [-0.2, 0) is 0 Å². The van der Waals surface area contributed by atoms with Gasteiger partial charge in [0.05, 0.1) is 6.04 Å². The molecule has 1 aromatic rings. The zero-order chi connectivity index (χ0) is 13.0. The van der Waals surface area contributed by atoms with Crippen molar-refractivity contribution in [2.75, 3.05) is 0 Å². The molecular weight excluding hydrogens is 286 g/mol. The molecule has 0 spiro atoms. The van der Waals surface area contributed by atoms with Crippen LogP contribution in [0, 0.1) is 6.92 Å². The molecule has 0 bridgehead atoms. The van der Waals surface area contributed by atoms with Gasteiger partial charge in [-0.25, -0.2) is 0 Å². The molecule has 0 radical (unpaired) electrons. The molecule has 0 heterocycles. The topological polar surface area (TPSA) is 26.0 Å². The van der Waals surface area contributed by atoms with Crippen LogP contribution in [0.25, 0.3) is 0 Å². The molecule has 1 unspecified atom stereocenters. The first-order chi connectivity index (χ1) is 8.68. The Kier molecular flexibility index (Phi) is 5.02. The molecule has 2 N–H and O–H groups in total. The number of aryl methyl sites for hydroxylation is 1. The van der Waals surface area contributed by atoms with E-state index >= 15 is 0 Å².